The zero-order valence-corrected chi connectivity index (χ0v) is 13.1. The Morgan fingerprint density at radius 3 is 2.25 bits per heavy atom. The molecule has 0 amide bonds. The van der Waals surface area contributed by atoms with Gasteiger partial charge < -0.3 is 0 Å². The number of aromatic nitrogens is 1. The lowest BCUT2D eigenvalue weighted by Crippen LogP contribution is -2.37. The van der Waals surface area contributed by atoms with Crippen LogP contribution in [0, 0.1) is 6.92 Å². The number of hydrogen-bond acceptors (Lipinski definition) is 1. The van der Waals surface area contributed by atoms with Gasteiger partial charge in [0.1, 0.15) is 6.54 Å². The Bertz CT molecular complexity index is 296. The van der Waals surface area contributed by atoms with Crippen molar-refractivity contribution in [3.05, 3.63) is 16.6 Å². The van der Waals surface area contributed by atoms with E-state index in [1.807, 2.05) is 11.3 Å². The third-order valence-electron chi connectivity index (χ3n) is 4.24. The van der Waals surface area contributed by atoms with Crippen LogP contribution in [0.15, 0.2) is 10.9 Å². The van der Waals surface area contributed by atoms with Crippen molar-refractivity contribution >= 4 is 19.4 Å². The average Bonchev–Trinajstić information content (AvgIpc) is 2.71. The third-order valence-corrected chi connectivity index (χ3v) is 11.0. The van der Waals surface area contributed by atoms with Gasteiger partial charge in [-0.2, -0.15) is 4.57 Å². The van der Waals surface area contributed by atoms with Crippen LogP contribution in [0.4, 0.5) is 0 Å². The molecule has 1 aromatic heterocycles. The van der Waals surface area contributed by atoms with Gasteiger partial charge in [-0.15, -0.1) is 0 Å². The largest absolute Gasteiger partial charge is 0.224 e. The Morgan fingerprint density at radius 1 is 1.19 bits per heavy atom. The maximum absolute atomic E-state index is 2.41. The summed E-state index contributed by atoms with van der Waals surface area (Å²) in [5.74, 6) is 0. The van der Waals surface area contributed by atoms with Crippen LogP contribution in [-0.4, -0.2) is 8.07 Å². The highest BCUT2D eigenvalue weighted by atomic mass is 32.1. The highest BCUT2D eigenvalue weighted by molar-refractivity contribution is 7.07. The predicted molar refractivity (Wildman–Crippen MR) is 75.9 cm³/mol. The summed E-state index contributed by atoms with van der Waals surface area (Å²) in [5, 5.41) is 2.24. The Kier molecular flexibility index (Phi) is 5.69. The van der Waals surface area contributed by atoms with Crippen LogP contribution >= 0.6 is 11.3 Å². The summed E-state index contributed by atoms with van der Waals surface area (Å²) in [6, 6.07) is 5.91. The molecule has 1 aromatic rings. The van der Waals surface area contributed by atoms with E-state index in [0.29, 0.717) is 0 Å². The van der Waals surface area contributed by atoms with E-state index in [9.17, 15) is 0 Å². The predicted octanol–water partition coefficient (Wildman–Crippen LogP) is 4.24. The van der Waals surface area contributed by atoms with Gasteiger partial charge in [-0.1, -0.05) is 56.3 Å². The van der Waals surface area contributed by atoms with Crippen LogP contribution in [-0.2, 0) is 6.54 Å². The first-order valence-corrected chi connectivity index (χ1v) is 10.4. The topological polar surface area (TPSA) is 3.88 Å². The molecule has 0 radical (unpaired) electrons. The fourth-order valence-corrected chi connectivity index (χ4v) is 6.77. The van der Waals surface area contributed by atoms with E-state index in [1.165, 1.54) is 42.8 Å². The van der Waals surface area contributed by atoms with Crippen molar-refractivity contribution in [2.75, 3.05) is 0 Å². The molecule has 0 N–H and O–H groups in total. The van der Waals surface area contributed by atoms with Crippen molar-refractivity contribution in [2.45, 2.75) is 64.8 Å². The highest BCUT2D eigenvalue weighted by Crippen LogP contribution is 2.26. The molecule has 0 unspecified atom stereocenters. The normalized spacial score (nSPS) is 12.0. The first-order valence-electron chi connectivity index (χ1n) is 6.59. The molecule has 0 fully saturated rings. The minimum absolute atomic E-state index is 0.878. The molecular weight excluding hydrogens is 230 g/mol. The number of thiazole rings is 1. The van der Waals surface area contributed by atoms with Crippen LogP contribution in [0.2, 0.25) is 24.2 Å². The second-order valence-corrected chi connectivity index (χ2v) is 11.2. The molecule has 1 heterocycles. The van der Waals surface area contributed by atoms with Crippen LogP contribution in [0.3, 0.4) is 0 Å². The summed E-state index contributed by atoms with van der Waals surface area (Å²) in [6.07, 6.45) is 1.38. The number of nitrogens with zero attached hydrogens (tertiary/aromatic N) is 1. The Morgan fingerprint density at radius 2 is 1.81 bits per heavy atom. The molecule has 0 aliphatic carbocycles. The van der Waals surface area contributed by atoms with Gasteiger partial charge in [-0.3, -0.25) is 0 Å². The molecule has 92 valence electrons. The average molecular weight is 257 g/mol. The van der Waals surface area contributed by atoms with E-state index in [4.69, 9.17) is 0 Å². The quantitative estimate of drug-likeness (QED) is 0.507. The first kappa shape index (κ1) is 13.9. The van der Waals surface area contributed by atoms with Crippen LogP contribution in [0.5, 0.6) is 0 Å². The summed E-state index contributed by atoms with van der Waals surface area (Å²) in [5.41, 5.74) is 3.67. The molecule has 0 aliphatic heterocycles. The van der Waals surface area contributed by atoms with Gasteiger partial charge in [0.25, 0.3) is 0 Å². The first-order chi connectivity index (χ1) is 7.67. The lowest BCUT2D eigenvalue weighted by atomic mass is 10.4. The van der Waals surface area contributed by atoms with Gasteiger partial charge in [0.05, 0.1) is 13.5 Å². The lowest BCUT2D eigenvalue weighted by molar-refractivity contribution is -0.698. The van der Waals surface area contributed by atoms with Crippen molar-refractivity contribution in [1.29, 1.82) is 0 Å². The summed E-state index contributed by atoms with van der Waals surface area (Å²) >= 11 is 1.82. The zero-order chi connectivity index (χ0) is 12.0. The molecule has 0 saturated heterocycles. The van der Waals surface area contributed by atoms with Crippen LogP contribution in [0.1, 0.15) is 32.9 Å². The third kappa shape index (κ3) is 3.42. The molecular formula is C13H26NSSi+. The van der Waals surface area contributed by atoms with Crippen molar-refractivity contribution in [1.82, 2.24) is 0 Å². The zero-order valence-electron chi connectivity index (χ0n) is 11.3. The van der Waals surface area contributed by atoms with Crippen molar-refractivity contribution in [3.63, 3.8) is 0 Å². The molecule has 1 nitrogen and oxygen atoms in total. The number of hydrogen-bond donors (Lipinski definition) is 0. The summed E-state index contributed by atoms with van der Waals surface area (Å²) in [6.45, 7) is 10.7. The van der Waals surface area contributed by atoms with Crippen molar-refractivity contribution in [3.8, 4) is 0 Å². The molecule has 0 bridgehead atoms. The fraction of sp³-hybridized carbons (Fsp3) is 0.769. The Balaban J connectivity index is 2.42. The lowest BCUT2D eigenvalue weighted by Gasteiger charge is -2.27. The molecule has 3 heteroatoms. The van der Waals surface area contributed by atoms with Crippen LogP contribution in [0.25, 0.3) is 0 Å². The minimum atomic E-state index is -0.878. The molecule has 0 saturated carbocycles. The van der Waals surface area contributed by atoms with E-state index in [0.717, 1.165) is 0 Å². The number of rotatable bonds is 7. The fourth-order valence-electron chi connectivity index (χ4n) is 2.49. The van der Waals surface area contributed by atoms with Gasteiger partial charge in [0, 0.05) is 13.3 Å². The van der Waals surface area contributed by atoms with Gasteiger partial charge in [-0.25, -0.2) is 0 Å². The summed E-state index contributed by atoms with van der Waals surface area (Å²) in [7, 11) is -0.878. The maximum Gasteiger partial charge on any atom is 0.224 e. The maximum atomic E-state index is 2.41. The highest BCUT2D eigenvalue weighted by Gasteiger charge is 2.26. The molecule has 0 aliphatic rings. The van der Waals surface area contributed by atoms with Gasteiger partial charge in [-0.05, 0) is 0 Å². The Hall–Kier alpha value is -0.153. The van der Waals surface area contributed by atoms with Gasteiger partial charge in [0.2, 0.25) is 5.51 Å². The van der Waals surface area contributed by atoms with Gasteiger partial charge >= 0.3 is 0 Å². The van der Waals surface area contributed by atoms with Gasteiger partial charge in [0.15, 0.2) is 5.69 Å². The molecule has 0 atom stereocenters. The van der Waals surface area contributed by atoms with E-state index in [-0.39, 0.29) is 0 Å². The smallest absolute Gasteiger partial charge is 0.193 e. The summed E-state index contributed by atoms with van der Waals surface area (Å²) < 4.78 is 2.41. The molecule has 0 spiro atoms. The number of aryl methyl sites for hydroxylation is 2. The second kappa shape index (κ2) is 6.55. The van der Waals surface area contributed by atoms with E-state index >= 15 is 0 Å². The molecule has 0 aromatic carbocycles. The van der Waals surface area contributed by atoms with Crippen molar-refractivity contribution < 1.29 is 4.57 Å². The Labute approximate surface area is 106 Å². The monoisotopic (exact) mass is 256 g/mol. The molecule has 1 rings (SSSR count). The minimum Gasteiger partial charge on any atom is -0.193 e. The SMILES string of the molecule is CC[Si](CC)(CC)CCC[n+]1cscc1C. The molecule has 16 heavy (non-hydrogen) atoms. The standard InChI is InChI=1S/C13H26NSSi/c1-5-16(6-2,7-3)10-8-9-14-12-15-11-13(14)4/h11-12H,5-10H2,1-4H3/q+1. The summed E-state index contributed by atoms with van der Waals surface area (Å²) in [4.78, 5) is 0. The second-order valence-electron chi connectivity index (χ2n) is 4.86. The van der Waals surface area contributed by atoms with Crippen molar-refractivity contribution in [2.24, 2.45) is 0 Å². The van der Waals surface area contributed by atoms with E-state index in [2.05, 4.69) is 43.2 Å². The van der Waals surface area contributed by atoms with Crippen LogP contribution < -0.4 is 4.57 Å². The van der Waals surface area contributed by atoms with E-state index in [1.54, 1.807) is 0 Å². The van der Waals surface area contributed by atoms with E-state index < -0.39 is 8.07 Å².